The highest BCUT2D eigenvalue weighted by atomic mass is 16.8. The van der Waals surface area contributed by atoms with Crippen LogP contribution in [0.2, 0.25) is 0 Å². The molecule has 4 nitrogen and oxygen atoms in total. The molecule has 4 heteroatoms. The van der Waals surface area contributed by atoms with Crippen LogP contribution < -0.4 is 11.5 Å². The van der Waals surface area contributed by atoms with Crippen LogP contribution in [0.25, 0.3) is 0 Å². The van der Waals surface area contributed by atoms with E-state index in [1.807, 2.05) is 13.8 Å². The molecule has 0 amide bonds. The van der Waals surface area contributed by atoms with Crippen LogP contribution in [0.1, 0.15) is 13.8 Å². The van der Waals surface area contributed by atoms with Gasteiger partial charge >= 0.3 is 0 Å². The standard InChI is InChI=1S/C7H14N2O2/c1-7(2)10-5(3-8)6(4-9)11-7/h3-6H,8-9H2,1-2H3. The minimum absolute atomic E-state index is 0.227. The third kappa shape index (κ3) is 1.90. The van der Waals surface area contributed by atoms with Crippen molar-refractivity contribution < 1.29 is 9.47 Å². The number of ether oxygens (including phenoxy) is 2. The Morgan fingerprint density at radius 1 is 1.09 bits per heavy atom. The molecule has 0 saturated carbocycles. The van der Waals surface area contributed by atoms with Crippen LogP contribution in [0.4, 0.5) is 0 Å². The summed E-state index contributed by atoms with van der Waals surface area (Å²) < 4.78 is 10.8. The lowest BCUT2D eigenvalue weighted by atomic mass is 10.2. The second-order valence-corrected chi connectivity index (χ2v) is 2.95. The van der Waals surface area contributed by atoms with Crippen LogP contribution in [-0.4, -0.2) is 18.0 Å². The highest BCUT2D eigenvalue weighted by Crippen LogP contribution is 2.28. The fourth-order valence-electron chi connectivity index (χ4n) is 1.11. The van der Waals surface area contributed by atoms with Crippen LogP contribution in [0.5, 0.6) is 0 Å². The quantitative estimate of drug-likeness (QED) is 0.581. The largest absolute Gasteiger partial charge is 0.343 e. The van der Waals surface area contributed by atoms with Gasteiger partial charge in [0.25, 0.3) is 0 Å². The average Bonchev–Trinajstić information content (AvgIpc) is 2.25. The zero-order valence-corrected chi connectivity index (χ0v) is 6.78. The van der Waals surface area contributed by atoms with Gasteiger partial charge in [-0.25, -0.2) is 0 Å². The van der Waals surface area contributed by atoms with Gasteiger partial charge in [0.05, 0.1) is 13.1 Å². The molecule has 0 bridgehead atoms. The van der Waals surface area contributed by atoms with Gasteiger partial charge in [-0.1, -0.05) is 0 Å². The summed E-state index contributed by atoms with van der Waals surface area (Å²) in [6.07, 6.45) is -0.454. The van der Waals surface area contributed by atoms with E-state index < -0.39 is 5.79 Å². The summed E-state index contributed by atoms with van der Waals surface area (Å²) in [6.45, 7) is 6.55. The third-order valence-corrected chi connectivity index (χ3v) is 1.54. The summed E-state index contributed by atoms with van der Waals surface area (Å²) in [4.78, 5) is 0. The first-order valence-electron chi connectivity index (χ1n) is 3.55. The molecule has 1 fully saturated rings. The van der Waals surface area contributed by atoms with E-state index in [2.05, 4.69) is 0 Å². The van der Waals surface area contributed by atoms with Crippen molar-refractivity contribution >= 4 is 0 Å². The fourth-order valence-corrected chi connectivity index (χ4v) is 1.11. The Labute approximate surface area is 66.8 Å². The van der Waals surface area contributed by atoms with Crippen molar-refractivity contribution in [3.63, 3.8) is 0 Å². The van der Waals surface area contributed by atoms with Gasteiger partial charge in [-0.05, 0) is 13.8 Å². The van der Waals surface area contributed by atoms with Crippen LogP contribution in [0.3, 0.4) is 0 Å². The van der Waals surface area contributed by atoms with Crippen molar-refractivity contribution in [2.75, 3.05) is 0 Å². The van der Waals surface area contributed by atoms with Crippen LogP contribution in [0, 0.1) is 13.1 Å². The lowest BCUT2D eigenvalue weighted by Gasteiger charge is -2.16. The minimum Gasteiger partial charge on any atom is -0.343 e. The maximum Gasteiger partial charge on any atom is 0.163 e. The second kappa shape index (κ2) is 3.06. The summed E-state index contributed by atoms with van der Waals surface area (Å²) >= 11 is 0. The predicted molar refractivity (Wildman–Crippen MR) is 40.8 cm³/mol. The topological polar surface area (TPSA) is 70.5 Å². The molecule has 11 heavy (non-hydrogen) atoms. The van der Waals surface area contributed by atoms with Gasteiger partial charge in [0.1, 0.15) is 12.2 Å². The third-order valence-electron chi connectivity index (χ3n) is 1.54. The van der Waals surface area contributed by atoms with Crippen LogP contribution in [-0.2, 0) is 9.47 Å². The number of rotatable bonds is 2. The molecule has 1 aliphatic rings. The molecular weight excluding hydrogens is 144 g/mol. The van der Waals surface area contributed by atoms with Crippen molar-refractivity contribution in [2.45, 2.75) is 31.8 Å². The van der Waals surface area contributed by atoms with Gasteiger partial charge in [0, 0.05) is 0 Å². The molecule has 0 aromatic heterocycles. The summed E-state index contributed by atoms with van der Waals surface area (Å²) in [6, 6.07) is 0. The zero-order chi connectivity index (χ0) is 8.48. The number of hydrogen-bond donors (Lipinski definition) is 2. The Balaban J connectivity index is 2.55. The average molecular weight is 158 g/mol. The molecule has 1 rings (SSSR count). The number of nitrogens with two attached hydrogens (primary N) is 2. The van der Waals surface area contributed by atoms with E-state index in [-0.39, 0.29) is 12.2 Å². The Morgan fingerprint density at radius 3 is 1.73 bits per heavy atom. The Hall–Kier alpha value is -0.160. The molecule has 1 heterocycles. The first kappa shape index (κ1) is 8.93. The molecule has 0 aromatic carbocycles. The van der Waals surface area contributed by atoms with E-state index in [9.17, 15) is 0 Å². The zero-order valence-electron chi connectivity index (χ0n) is 6.78. The van der Waals surface area contributed by atoms with Crippen molar-refractivity contribution in [3.05, 3.63) is 13.1 Å². The van der Waals surface area contributed by atoms with Gasteiger partial charge in [-0.15, -0.1) is 0 Å². The maximum absolute atomic E-state index is 5.39. The molecule has 1 aliphatic heterocycles. The van der Waals surface area contributed by atoms with E-state index in [1.54, 1.807) is 0 Å². The second-order valence-electron chi connectivity index (χ2n) is 2.95. The SMILES string of the molecule is CC1(C)OC([CH]N)C([CH]N)O1. The molecular formula is C7H14N2O2. The maximum atomic E-state index is 5.39. The van der Waals surface area contributed by atoms with Gasteiger partial charge < -0.3 is 20.9 Å². The first-order chi connectivity index (χ1) is 5.09. The Morgan fingerprint density at radius 2 is 1.45 bits per heavy atom. The predicted octanol–water partition coefficient (Wildman–Crippen LogP) is -0.253. The highest BCUT2D eigenvalue weighted by Gasteiger charge is 2.39. The summed E-state index contributed by atoms with van der Waals surface area (Å²) in [5.74, 6) is -0.582. The first-order valence-corrected chi connectivity index (χ1v) is 3.55. The van der Waals surface area contributed by atoms with E-state index in [0.717, 1.165) is 0 Å². The molecule has 2 atom stereocenters. The van der Waals surface area contributed by atoms with Gasteiger partial charge in [0.15, 0.2) is 5.79 Å². The van der Waals surface area contributed by atoms with Crippen molar-refractivity contribution in [1.82, 2.24) is 0 Å². The lowest BCUT2D eigenvalue weighted by molar-refractivity contribution is -0.141. The van der Waals surface area contributed by atoms with Crippen molar-refractivity contribution in [2.24, 2.45) is 11.5 Å². The molecule has 0 spiro atoms. The van der Waals surface area contributed by atoms with E-state index in [0.29, 0.717) is 0 Å². The monoisotopic (exact) mass is 158 g/mol. The Kier molecular flexibility index (Phi) is 2.49. The van der Waals surface area contributed by atoms with Crippen LogP contribution >= 0.6 is 0 Å². The molecule has 2 unspecified atom stereocenters. The van der Waals surface area contributed by atoms with Gasteiger partial charge in [-0.2, -0.15) is 0 Å². The van der Waals surface area contributed by atoms with Gasteiger partial charge in [-0.3, -0.25) is 0 Å². The Bertz CT molecular complexity index is 124. The van der Waals surface area contributed by atoms with E-state index in [4.69, 9.17) is 20.9 Å². The van der Waals surface area contributed by atoms with E-state index >= 15 is 0 Å². The smallest absolute Gasteiger partial charge is 0.163 e. The molecule has 0 aromatic rings. The lowest BCUT2D eigenvalue weighted by Crippen LogP contribution is -2.29. The minimum atomic E-state index is -0.582. The van der Waals surface area contributed by atoms with Gasteiger partial charge in [0.2, 0.25) is 0 Å². The molecule has 2 radical (unpaired) electrons. The van der Waals surface area contributed by atoms with Crippen molar-refractivity contribution in [1.29, 1.82) is 0 Å². The highest BCUT2D eigenvalue weighted by molar-refractivity contribution is 4.93. The molecule has 1 saturated heterocycles. The summed E-state index contributed by atoms with van der Waals surface area (Å²) in [5, 5.41) is 0. The summed E-state index contributed by atoms with van der Waals surface area (Å²) in [5.41, 5.74) is 10.6. The molecule has 0 aliphatic carbocycles. The van der Waals surface area contributed by atoms with Crippen molar-refractivity contribution in [3.8, 4) is 0 Å². The molecule has 64 valence electrons. The van der Waals surface area contributed by atoms with E-state index in [1.165, 1.54) is 13.1 Å². The fraction of sp³-hybridized carbons (Fsp3) is 0.714. The summed E-state index contributed by atoms with van der Waals surface area (Å²) in [7, 11) is 0. The normalized spacial score (nSPS) is 36.0. The number of hydrogen-bond acceptors (Lipinski definition) is 4. The molecule has 4 N–H and O–H groups in total. The van der Waals surface area contributed by atoms with Crippen LogP contribution in [0.15, 0.2) is 0 Å².